The molecule has 0 aromatic heterocycles. The van der Waals surface area contributed by atoms with Crippen LogP contribution in [-0.2, 0) is 9.84 Å². The summed E-state index contributed by atoms with van der Waals surface area (Å²) in [4.78, 5) is 0.202. The van der Waals surface area contributed by atoms with E-state index in [1.165, 1.54) is 18.2 Å². The van der Waals surface area contributed by atoms with Crippen molar-refractivity contribution in [3.05, 3.63) is 53.8 Å². The summed E-state index contributed by atoms with van der Waals surface area (Å²) in [5, 5.41) is 8.79. The van der Waals surface area contributed by atoms with Gasteiger partial charge in [-0.15, -0.1) is 0 Å². The number of nitriles is 1. The predicted molar refractivity (Wildman–Crippen MR) is 69.7 cm³/mol. The second-order valence-corrected chi connectivity index (χ2v) is 6.15. The Bertz CT molecular complexity index is 759. The third kappa shape index (κ3) is 2.98. The number of rotatable bonds is 2. The minimum absolute atomic E-state index is 0.202. The summed E-state index contributed by atoms with van der Waals surface area (Å²) in [6.45, 7) is 0. The first-order valence-electron chi connectivity index (χ1n) is 5.41. The van der Waals surface area contributed by atoms with Crippen LogP contribution in [0.1, 0.15) is 5.56 Å². The normalized spacial score (nSPS) is 11.0. The molecule has 0 unspecified atom stereocenters. The summed E-state index contributed by atoms with van der Waals surface area (Å²) >= 11 is 0. The molecule has 0 radical (unpaired) electrons. The molecule has 0 saturated carbocycles. The van der Waals surface area contributed by atoms with Crippen LogP contribution >= 0.6 is 0 Å². The average Bonchev–Trinajstić information content (AvgIpc) is 2.37. The molecule has 0 bridgehead atoms. The van der Waals surface area contributed by atoms with Gasteiger partial charge in [-0.2, -0.15) is 5.26 Å². The van der Waals surface area contributed by atoms with Gasteiger partial charge in [0.2, 0.25) is 0 Å². The van der Waals surface area contributed by atoms with E-state index in [-0.39, 0.29) is 10.5 Å². The molecule has 19 heavy (non-hydrogen) atoms. The summed E-state index contributed by atoms with van der Waals surface area (Å²) in [6, 6.07) is 12.0. The fourth-order valence-corrected chi connectivity index (χ4v) is 2.35. The number of benzene rings is 2. The van der Waals surface area contributed by atoms with Crippen LogP contribution in [0, 0.1) is 17.1 Å². The number of hydrogen-bond donors (Lipinski definition) is 0. The molecule has 3 nitrogen and oxygen atoms in total. The quantitative estimate of drug-likeness (QED) is 0.846. The molecule has 2 rings (SSSR count). The minimum Gasteiger partial charge on any atom is -0.224 e. The molecule has 0 heterocycles. The fraction of sp³-hybridized carbons (Fsp3) is 0.0714. The van der Waals surface area contributed by atoms with Crippen molar-refractivity contribution in [3.8, 4) is 17.2 Å². The van der Waals surface area contributed by atoms with Gasteiger partial charge >= 0.3 is 0 Å². The van der Waals surface area contributed by atoms with Gasteiger partial charge in [0, 0.05) is 6.26 Å². The van der Waals surface area contributed by atoms with Crippen molar-refractivity contribution in [2.24, 2.45) is 0 Å². The third-order valence-corrected chi connectivity index (χ3v) is 3.77. The van der Waals surface area contributed by atoms with Gasteiger partial charge in [0.25, 0.3) is 0 Å². The first-order valence-corrected chi connectivity index (χ1v) is 7.30. The van der Waals surface area contributed by atoms with Crippen molar-refractivity contribution in [1.29, 1.82) is 5.26 Å². The van der Waals surface area contributed by atoms with Crippen molar-refractivity contribution in [3.63, 3.8) is 0 Å². The van der Waals surface area contributed by atoms with Crippen molar-refractivity contribution >= 4 is 9.84 Å². The summed E-state index contributed by atoms with van der Waals surface area (Å²) in [6.07, 6.45) is 1.12. The zero-order valence-electron chi connectivity index (χ0n) is 10.1. The maximum absolute atomic E-state index is 13.3. The van der Waals surface area contributed by atoms with Crippen molar-refractivity contribution in [1.82, 2.24) is 0 Å². The Morgan fingerprint density at radius 1 is 1.05 bits per heavy atom. The Morgan fingerprint density at radius 3 is 2.21 bits per heavy atom. The van der Waals surface area contributed by atoms with E-state index in [9.17, 15) is 12.8 Å². The molecule has 0 aliphatic rings. The van der Waals surface area contributed by atoms with E-state index in [2.05, 4.69) is 0 Å². The lowest BCUT2D eigenvalue weighted by atomic mass is 10.0. The number of sulfone groups is 1. The Labute approximate surface area is 110 Å². The van der Waals surface area contributed by atoms with Crippen LogP contribution < -0.4 is 0 Å². The molecule has 0 spiro atoms. The first kappa shape index (κ1) is 13.2. The topological polar surface area (TPSA) is 57.9 Å². The molecule has 5 heteroatoms. The maximum Gasteiger partial charge on any atom is 0.175 e. The highest BCUT2D eigenvalue weighted by atomic mass is 32.2. The van der Waals surface area contributed by atoms with Crippen LogP contribution in [0.2, 0.25) is 0 Å². The molecule has 96 valence electrons. The Balaban J connectivity index is 2.49. The van der Waals surface area contributed by atoms with Crippen LogP contribution in [0.25, 0.3) is 11.1 Å². The summed E-state index contributed by atoms with van der Waals surface area (Å²) in [5.41, 5.74) is 1.42. The Hall–Kier alpha value is -2.19. The Kier molecular flexibility index (Phi) is 3.36. The van der Waals surface area contributed by atoms with Crippen LogP contribution in [0.4, 0.5) is 4.39 Å². The minimum atomic E-state index is -3.25. The van der Waals surface area contributed by atoms with Gasteiger partial charge in [0.1, 0.15) is 5.82 Å². The van der Waals surface area contributed by atoms with Gasteiger partial charge < -0.3 is 0 Å². The molecule has 0 fully saturated rings. The maximum atomic E-state index is 13.3. The van der Waals surface area contributed by atoms with Gasteiger partial charge in [0.15, 0.2) is 9.84 Å². The van der Waals surface area contributed by atoms with E-state index in [0.29, 0.717) is 11.1 Å². The van der Waals surface area contributed by atoms with Crippen molar-refractivity contribution in [2.75, 3.05) is 6.26 Å². The lowest BCUT2D eigenvalue weighted by molar-refractivity contribution is 0.602. The second-order valence-electron chi connectivity index (χ2n) is 4.14. The summed E-state index contributed by atoms with van der Waals surface area (Å²) < 4.78 is 36.0. The largest absolute Gasteiger partial charge is 0.224 e. The second kappa shape index (κ2) is 4.82. The van der Waals surface area contributed by atoms with Gasteiger partial charge in [-0.1, -0.05) is 12.1 Å². The number of nitrogens with zero attached hydrogens (tertiary/aromatic N) is 1. The van der Waals surface area contributed by atoms with Gasteiger partial charge in [-0.05, 0) is 41.5 Å². The Morgan fingerprint density at radius 2 is 1.68 bits per heavy atom. The monoisotopic (exact) mass is 275 g/mol. The van der Waals surface area contributed by atoms with Gasteiger partial charge in [-0.25, -0.2) is 12.8 Å². The summed E-state index contributed by atoms with van der Waals surface area (Å²) in [5.74, 6) is -0.499. The fourth-order valence-electron chi connectivity index (χ4n) is 1.72. The highest BCUT2D eigenvalue weighted by Gasteiger charge is 2.08. The molecule has 2 aromatic carbocycles. The van der Waals surface area contributed by atoms with E-state index in [1.54, 1.807) is 18.2 Å². The standard InChI is InChI=1S/C14H10FNO2S/c1-19(17,18)14-4-2-11(3-5-14)12-6-10(9-16)7-13(15)8-12/h2-8H,1H3. The van der Waals surface area contributed by atoms with E-state index in [1.807, 2.05) is 6.07 Å². The predicted octanol–water partition coefficient (Wildman–Crippen LogP) is 2.77. The zero-order valence-corrected chi connectivity index (χ0v) is 10.9. The molecule has 0 aliphatic carbocycles. The molecule has 2 aromatic rings. The molecular weight excluding hydrogens is 265 g/mol. The van der Waals surface area contributed by atoms with E-state index >= 15 is 0 Å². The van der Waals surface area contributed by atoms with Crippen LogP contribution in [0.5, 0.6) is 0 Å². The van der Waals surface area contributed by atoms with E-state index < -0.39 is 15.7 Å². The molecule has 0 atom stereocenters. The molecular formula is C14H10FNO2S. The molecule has 0 saturated heterocycles. The van der Waals surface area contributed by atoms with Crippen LogP contribution in [0.15, 0.2) is 47.4 Å². The van der Waals surface area contributed by atoms with Crippen molar-refractivity contribution < 1.29 is 12.8 Å². The van der Waals surface area contributed by atoms with Crippen LogP contribution in [0.3, 0.4) is 0 Å². The molecule has 0 aliphatic heterocycles. The zero-order chi connectivity index (χ0) is 14.0. The lowest BCUT2D eigenvalue weighted by Gasteiger charge is -2.04. The highest BCUT2D eigenvalue weighted by molar-refractivity contribution is 7.90. The number of halogens is 1. The van der Waals surface area contributed by atoms with E-state index in [4.69, 9.17) is 5.26 Å². The van der Waals surface area contributed by atoms with Crippen LogP contribution in [-0.4, -0.2) is 14.7 Å². The third-order valence-electron chi connectivity index (χ3n) is 2.64. The average molecular weight is 275 g/mol. The van der Waals surface area contributed by atoms with Crippen molar-refractivity contribution in [2.45, 2.75) is 4.90 Å². The SMILES string of the molecule is CS(=O)(=O)c1ccc(-c2cc(F)cc(C#N)c2)cc1. The van der Waals surface area contributed by atoms with Gasteiger partial charge in [-0.3, -0.25) is 0 Å². The lowest BCUT2D eigenvalue weighted by Crippen LogP contribution is -1.96. The van der Waals surface area contributed by atoms with Gasteiger partial charge in [0.05, 0.1) is 16.5 Å². The molecule has 0 N–H and O–H groups in total. The smallest absolute Gasteiger partial charge is 0.175 e. The number of hydrogen-bond acceptors (Lipinski definition) is 3. The highest BCUT2D eigenvalue weighted by Crippen LogP contribution is 2.23. The van der Waals surface area contributed by atoms with E-state index in [0.717, 1.165) is 12.3 Å². The summed E-state index contributed by atoms with van der Waals surface area (Å²) in [7, 11) is -3.25. The first-order chi connectivity index (χ1) is 8.90. The molecule has 0 amide bonds.